The zero-order chi connectivity index (χ0) is 17.3. The topological polar surface area (TPSA) is 38.3 Å². The van der Waals surface area contributed by atoms with Crippen molar-refractivity contribution in [1.82, 2.24) is 5.32 Å². The molecule has 0 aliphatic carbocycles. The Morgan fingerprint density at radius 3 is 2.40 bits per heavy atom. The van der Waals surface area contributed by atoms with Crippen LogP contribution in [-0.4, -0.2) is 36.7 Å². The summed E-state index contributed by atoms with van der Waals surface area (Å²) in [5, 5.41) is 3.72. The largest absolute Gasteiger partial charge is 0.381 e. The van der Waals surface area contributed by atoms with E-state index in [1.165, 1.54) is 11.1 Å². The van der Waals surface area contributed by atoms with E-state index in [-0.39, 0.29) is 5.91 Å². The molecule has 3 rings (SSSR count). The van der Waals surface area contributed by atoms with E-state index in [0.717, 1.165) is 43.9 Å². The third kappa shape index (κ3) is 5.91. The summed E-state index contributed by atoms with van der Waals surface area (Å²) in [7, 11) is 0. The van der Waals surface area contributed by atoms with Gasteiger partial charge < -0.3 is 10.1 Å². The molecular weight excluding hydrogens is 330 g/mol. The summed E-state index contributed by atoms with van der Waals surface area (Å²) in [4.78, 5) is 12.1. The number of amides is 1. The highest BCUT2D eigenvalue weighted by atomic mass is 32.2. The van der Waals surface area contributed by atoms with Gasteiger partial charge in [-0.3, -0.25) is 4.79 Å². The van der Waals surface area contributed by atoms with E-state index in [2.05, 4.69) is 29.6 Å². The van der Waals surface area contributed by atoms with Gasteiger partial charge in [-0.2, -0.15) is 11.8 Å². The van der Waals surface area contributed by atoms with Crippen LogP contribution in [-0.2, 0) is 16.0 Å². The van der Waals surface area contributed by atoms with Crippen LogP contribution in [0.1, 0.15) is 18.4 Å². The fourth-order valence-electron chi connectivity index (χ4n) is 2.95. The highest BCUT2D eigenvalue weighted by Crippen LogP contribution is 2.21. The van der Waals surface area contributed by atoms with Crippen molar-refractivity contribution in [2.45, 2.75) is 24.5 Å². The molecule has 0 unspecified atom stereocenters. The summed E-state index contributed by atoms with van der Waals surface area (Å²) in [6.07, 6.45) is 2.70. The lowest BCUT2D eigenvalue weighted by atomic mass is 10.0. The molecule has 0 atom stereocenters. The minimum Gasteiger partial charge on any atom is -0.381 e. The Bertz CT molecular complexity index is 651. The average Bonchev–Trinajstić information content (AvgIpc) is 2.67. The van der Waals surface area contributed by atoms with E-state index in [1.807, 2.05) is 42.1 Å². The van der Waals surface area contributed by atoms with Crippen molar-refractivity contribution in [1.29, 1.82) is 0 Å². The lowest BCUT2D eigenvalue weighted by Gasteiger charge is -2.21. The van der Waals surface area contributed by atoms with Gasteiger partial charge in [0.25, 0.3) is 0 Å². The van der Waals surface area contributed by atoms with Crippen LogP contribution in [0.2, 0.25) is 0 Å². The Kier molecular flexibility index (Phi) is 6.95. The Hall–Kier alpha value is -1.78. The maximum Gasteiger partial charge on any atom is 0.224 e. The monoisotopic (exact) mass is 355 g/mol. The lowest BCUT2D eigenvalue weighted by molar-refractivity contribution is -0.120. The number of hydrogen-bond donors (Lipinski definition) is 1. The van der Waals surface area contributed by atoms with Crippen LogP contribution in [0.25, 0.3) is 11.1 Å². The van der Waals surface area contributed by atoms with Gasteiger partial charge >= 0.3 is 0 Å². The smallest absolute Gasteiger partial charge is 0.224 e. The molecule has 1 saturated heterocycles. The first-order chi connectivity index (χ1) is 12.3. The fourth-order valence-corrected chi connectivity index (χ4v) is 4.03. The van der Waals surface area contributed by atoms with Crippen LogP contribution in [0.15, 0.2) is 54.6 Å². The van der Waals surface area contributed by atoms with Gasteiger partial charge in [-0.1, -0.05) is 54.6 Å². The number of thioether (sulfide) groups is 1. The normalized spacial score (nSPS) is 15.0. The fraction of sp³-hybridized carbons (Fsp3) is 0.381. The quantitative estimate of drug-likeness (QED) is 0.765. The Morgan fingerprint density at radius 1 is 1.00 bits per heavy atom. The van der Waals surface area contributed by atoms with Gasteiger partial charge in [-0.25, -0.2) is 0 Å². The van der Waals surface area contributed by atoms with Crippen LogP contribution in [0, 0.1) is 0 Å². The second-order valence-corrected chi connectivity index (χ2v) is 7.68. The predicted molar refractivity (Wildman–Crippen MR) is 105 cm³/mol. The van der Waals surface area contributed by atoms with Gasteiger partial charge in [0.2, 0.25) is 5.91 Å². The van der Waals surface area contributed by atoms with Crippen LogP contribution in [0.5, 0.6) is 0 Å². The van der Waals surface area contributed by atoms with E-state index in [0.29, 0.717) is 11.7 Å². The summed E-state index contributed by atoms with van der Waals surface area (Å²) in [5.74, 6) is 1.07. The minimum atomic E-state index is 0.0973. The number of carbonyl (C=O) groups is 1. The Labute approximate surface area is 154 Å². The van der Waals surface area contributed by atoms with E-state index in [4.69, 9.17) is 4.74 Å². The molecule has 0 bridgehead atoms. The number of ether oxygens (including phenoxy) is 1. The molecule has 2 aromatic carbocycles. The molecule has 0 radical (unpaired) electrons. The molecule has 1 N–H and O–H groups in total. The summed E-state index contributed by atoms with van der Waals surface area (Å²) in [5.41, 5.74) is 3.43. The van der Waals surface area contributed by atoms with Gasteiger partial charge in [0, 0.05) is 30.8 Å². The molecule has 3 nitrogen and oxygen atoms in total. The molecule has 132 valence electrons. The number of rotatable bonds is 7. The van der Waals surface area contributed by atoms with Gasteiger partial charge in [-0.05, 0) is 29.5 Å². The van der Waals surface area contributed by atoms with Gasteiger partial charge in [0.1, 0.15) is 0 Å². The highest BCUT2D eigenvalue weighted by Gasteiger charge is 2.13. The SMILES string of the molecule is O=C(Cc1ccc(-c2ccccc2)cc1)NCCSC1CCOCC1. The first-order valence-corrected chi connectivity index (χ1v) is 9.96. The molecule has 0 aromatic heterocycles. The summed E-state index contributed by atoms with van der Waals surface area (Å²) in [6, 6.07) is 18.5. The van der Waals surface area contributed by atoms with Crippen molar-refractivity contribution in [2.24, 2.45) is 0 Å². The van der Waals surface area contributed by atoms with Crippen LogP contribution < -0.4 is 5.32 Å². The molecule has 1 heterocycles. The molecule has 4 heteroatoms. The average molecular weight is 356 g/mol. The van der Waals surface area contributed by atoms with Gasteiger partial charge in [-0.15, -0.1) is 0 Å². The first kappa shape index (κ1) is 18.0. The third-order valence-electron chi connectivity index (χ3n) is 4.37. The van der Waals surface area contributed by atoms with Crippen molar-refractivity contribution in [3.05, 3.63) is 60.2 Å². The van der Waals surface area contributed by atoms with Crippen LogP contribution in [0.4, 0.5) is 0 Å². The molecule has 1 aliphatic rings. The van der Waals surface area contributed by atoms with Crippen LogP contribution >= 0.6 is 11.8 Å². The van der Waals surface area contributed by atoms with Gasteiger partial charge in [0.15, 0.2) is 0 Å². The maximum atomic E-state index is 12.1. The number of carbonyl (C=O) groups excluding carboxylic acids is 1. The second kappa shape index (κ2) is 9.64. The predicted octanol–water partition coefficient (Wildman–Crippen LogP) is 3.92. The van der Waals surface area contributed by atoms with Gasteiger partial charge in [0.05, 0.1) is 6.42 Å². The zero-order valence-electron chi connectivity index (χ0n) is 14.4. The highest BCUT2D eigenvalue weighted by molar-refractivity contribution is 7.99. The van der Waals surface area contributed by atoms with E-state index >= 15 is 0 Å². The molecule has 2 aromatic rings. The van der Waals surface area contributed by atoms with E-state index in [1.54, 1.807) is 0 Å². The van der Waals surface area contributed by atoms with Crippen molar-refractivity contribution in [3.63, 3.8) is 0 Å². The molecule has 25 heavy (non-hydrogen) atoms. The molecule has 0 saturated carbocycles. The summed E-state index contributed by atoms with van der Waals surface area (Å²) >= 11 is 1.95. The summed E-state index contributed by atoms with van der Waals surface area (Å²) < 4.78 is 5.36. The number of nitrogens with one attached hydrogen (secondary N) is 1. The molecule has 1 aliphatic heterocycles. The second-order valence-electron chi connectivity index (χ2n) is 6.27. The van der Waals surface area contributed by atoms with E-state index < -0.39 is 0 Å². The molecule has 0 spiro atoms. The maximum absolute atomic E-state index is 12.1. The summed E-state index contributed by atoms with van der Waals surface area (Å²) in [6.45, 7) is 2.50. The molecule has 1 amide bonds. The Morgan fingerprint density at radius 2 is 1.68 bits per heavy atom. The zero-order valence-corrected chi connectivity index (χ0v) is 15.3. The lowest BCUT2D eigenvalue weighted by Crippen LogP contribution is -2.28. The number of hydrogen-bond acceptors (Lipinski definition) is 3. The van der Waals surface area contributed by atoms with Crippen molar-refractivity contribution < 1.29 is 9.53 Å². The molecular formula is C21H25NO2S. The van der Waals surface area contributed by atoms with Crippen LogP contribution in [0.3, 0.4) is 0 Å². The Balaban J connectivity index is 1.39. The first-order valence-electron chi connectivity index (χ1n) is 8.92. The minimum absolute atomic E-state index is 0.0973. The number of benzene rings is 2. The third-order valence-corrected chi connectivity index (χ3v) is 5.75. The van der Waals surface area contributed by atoms with Crippen molar-refractivity contribution in [2.75, 3.05) is 25.5 Å². The van der Waals surface area contributed by atoms with Crippen molar-refractivity contribution >= 4 is 17.7 Å². The molecule has 1 fully saturated rings. The standard InChI is InChI=1S/C21H25NO2S/c23-21(22-12-15-25-20-10-13-24-14-11-20)16-17-6-8-19(9-7-17)18-4-2-1-3-5-18/h1-9,20H,10-16H2,(H,22,23). The van der Waals surface area contributed by atoms with Crippen molar-refractivity contribution in [3.8, 4) is 11.1 Å². The van der Waals surface area contributed by atoms with E-state index in [9.17, 15) is 4.79 Å².